The summed E-state index contributed by atoms with van der Waals surface area (Å²) in [6, 6.07) is 10.3. The first-order valence-electron chi connectivity index (χ1n) is 5.63. The second-order valence-electron chi connectivity index (χ2n) is 4.10. The minimum absolute atomic E-state index is 0.0323. The van der Waals surface area contributed by atoms with Crippen LogP contribution in [-0.2, 0) is 0 Å². The molecule has 3 rings (SSSR count). The Hall–Kier alpha value is -0.980. The highest BCUT2D eigenvalue weighted by atomic mass is 127. The molecule has 0 bridgehead atoms. The molecule has 100 valence electrons. The monoisotopic (exact) mass is 418 g/mol. The summed E-state index contributed by atoms with van der Waals surface area (Å²) in [5, 5.41) is 1.07. The molecule has 2 aromatic carbocycles. The van der Waals surface area contributed by atoms with Crippen LogP contribution < -0.4 is 0 Å². The van der Waals surface area contributed by atoms with E-state index < -0.39 is 5.82 Å². The van der Waals surface area contributed by atoms with Crippen molar-refractivity contribution in [1.29, 1.82) is 0 Å². The van der Waals surface area contributed by atoms with E-state index in [4.69, 9.17) is 23.2 Å². The van der Waals surface area contributed by atoms with Crippen LogP contribution in [0.25, 0.3) is 22.3 Å². The lowest BCUT2D eigenvalue weighted by molar-refractivity contribution is 0.630. The smallest absolute Gasteiger partial charge is 0.164 e. The van der Waals surface area contributed by atoms with Crippen molar-refractivity contribution >= 4 is 56.7 Å². The van der Waals surface area contributed by atoms with Crippen molar-refractivity contribution in [3.05, 3.63) is 56.0 Å². The lowest BCUT2D eigenvalue weighted by Crippen LogP contribution is -1.95. The minimum Gasteiger partial charge on any atom is -0.228 e. The van der Waals surface area contributed by atoms with E-state index in [1.807, 2.05) is 18.2 Å². The highest BCUT2D eigenvalue weighted by Gasteiger charge is 2.13. The Morgan fingerprint density at radius 3 is 2.65 bits per heavy atom. The minimum atomic E-state index is -0.546. The largest absolute Gasteiger partial charge is 0.228 e. The van der Waals surface area contributed by atoms with Gasteiger partial charge in [0.25, 0.3) is 0 Å². The molecule has 0 N–H and O–H groups in total. The first-order chi connectivity index (χ1) is 9.56. The fourth-order valence-electron chi connectivity index (χ4n) is 1.86. The van der Waals surface area contributed by atoms with Gasteiger partial charge in [-0.15, -0.1) is 0 Å². The highest BCUT2D eigenvalue weighted by molar-refractivity contribution is 14.1. The first-order valence-corrected chi connectivity index (χ1v) is 7.47. The molecule has 6 heteroatoms. The summed E-state index contributed by atoms with van der Waals surface area (Å²) in [5.41, 5.74) is 0.902. The maximum atomic E-state index is 14.0. The van der Waals surface area contributed by atoms with Gasteiger partial charge in [0.05, 0.1) is 16.1 Å². The molecule has 0 fully saturated rings. The van der Waals surface area contributed by atoms with Crippen molar-refractivity contribution in [3.63, 3.8) is 0 Å². The Bertz CT molecular complexity index is 824. The summed E-state index contributed by atoms with van der Waals surface area (Å²) < 4.78 is 15.1. The zero-order chi connectivity index (χ0) is 14.3. The quantitative estimate of drug-likeness (QED) is 0.393. The predicted octanol–water partition coefficient (Wildman–Crippen LogP) is 5.35. The van der Waals surface area contributed by atoms with E-state index in [2.05, 4.69) is 32.6 Å². The maximum absolute atomic E-state index is 14.0. The number of benzene rings is 2. The second-order valence-corrected chi connectivity index (χ2v) is 6.11. The number of nitrogens with zero attached hydrogens (tertiary/aromatic N) is 2. The van der Waals surface area contributed by atoms with Crippen LogP contribution in [-0.4, -0.2) is 9.97 Å². The summed E-state index contributed by atoms with van der Waals surface area (Å²) in [5.74, 6) is -0.321. The molecular weight excluding hydrogens is 413 g/mol. The van der Waals surface area contributed by atoms with Crippen molar-refractivity contribution in [2.45, 2.75) is 0 Å². The van der Waals surface area contributed by atoms with Gasteiger partial charge < -0.3 is 0 Å². The van der Waals surface area contributed by atoms with Gasteiger partial charge in [-0.3, -0.25) is 0 Å². The number of rotatable bonds is 1. The van der Waals surface area contributed by atoms with Crippen molar-refractivity contribution in [3.8, 4) is 11.4 Å². The van der Waals surface area contributed by atoms with E-state index in [1.54, 1.807) is 12.1 Å². The van der Waals surface area contributed by atoms with Gasteiger partial charge in [-0.1, -0.05) is 29.3 Å². The molecule has 0 amide bonds. The van der Waals surface area contributed by atoms with E-state index in [9.17, 15) is 4.39 Å². The van der Waals surface area contributed by atoms with Crippen LogP contribution in [0.15, 0.2) is 36.4 Å². The van der Waals surface area contributed by atoms with Gasteiger partial charge in [-0.2, -0.15) is 0 Å². The molecule has 0 aliphatic carbocycles. The van der Waals surface area contributed by atoms with E-state index in [0.717, 1.165) is 8.96 Å². The molecule has 0 atom stereocenters. The van der Waals surface area contributed by atoms with Crippen LogP contribution in [0.5, 0.6) is 0 Å². The summed E-state index contributed by atoms with van der Waals surface area (Å²) in [7, 11) is 0. The third-order valence-electron chi connectivity index (χ3n) is 2.80. The summed E-state index contributed by atoms with van der Waals surface area (Å²) >= 11 is 14.1. The number of hydrogen-bond acceptors (Lipinski definition) is 2. The number of fused-ring (bicyclic) bond motifs is 1. The van der Waals surface area contributed by atoms with Gasteiger partial charge in [-0.25, -0.2) is 14.4 Å². The lowest BCUT2D eigenvalue weighted by Gasteiger charge is -2.06. The molecule has 0 unspecified atom stereocenters. The third-order valence-corrected chi connectivity index (χ3v) is 4.05. The Balaban J connectivity index is 2.28. The maximum Gasteiger partial charge on any atom is 0.164 e. The molecular formula is C14H6Cl2FIN2. The lowest BCUT2D eigenvalue weighted by atomic mass is 10.2. The average Bonchev–Trinajstić information content (AvgIpc) is 2.42. The van der Waals surface area contributed by atoms with E-state index in [0.29, 0.717) is 10.7 Å². The fraction of sp³-hybridized carbons (Fsp3) is 0. The summed E-state index contributed by atoms with van der Waals surface area (Å²) in [6.07, 6.45) is 0. The van der Waals surface area contributed by atoms with Crippen molar-refractivity contribution in [1.82, 2.24) is 9.97 Å². The third kappa shape index (κ3) is 2.47. The molecule has 0 saturated heterocycles. The molecule has 0 spiro atoms. The van der Waals surface area contributed by atoms with Crippen LogP contribution in [0.3, 0.4) is 0 Å². The Kier molecular flexibility index (Phi) is 3.79. The van der Waals surface area contributed by atoms with E-state index >= 15 is 0 Å². The topological polar surface area (TPSA) is 25.8 Å². The Morgan fingerprint density at radius 1 is 1.05 bits per heavy atom. The van der Waals surface area contributed by atoms with Crippen LogP contribution in [0, 0.1) is 9.39 Å². The average molecular weight is 419 g/mol. The van der Waals surface area contributed by atoms with E-state index in [1.165, 1.54) is 6.07 Å². The van der Waals surface area contributed by atoms with Crippen LogP contribution in [0.2, 0.25) is 10.2 Å². The standard InChI is InChI=1S/C14H6Cl2FIN2/c15-10-3-1-2-8(12(10)17)14-19-11-5-4-7(18)6-9(11)13(16)20-14/h1-6H. The van der Waals surface area contributed by atoms with Gasteiger partial charge in [-0.05, 0) is 52.9 Å². The number of halogens is 4. The van der Waals surface area contributed by atoms with Crippen LogP contribution in [0.1, 0.15) is 0 Å². The molecule has 1 aromatic heterocycles. The second kappa shape index (κ2) is 5.42. The summed E-state index contributed by atoms with van der Waals surface area (Å²) in [6.45, 7) is 0. The van der Waals surface area contributed by atoms with E-state index in [-0.39, 0.29) is 16.4 Å². The zero-order valence-corrected chi connectivity index (χ0v) is 13.5. The van der Waals surface area contributed by atoms with Gasteiger partial charge in [0.2, 0.25) is 0 Å². The normalized spacial score (nSPS) is 11.0. The van der Waals surface area contributed by atoms with Crippen LogP contribution >= 0.6 is 45.8 Å². The molecule has 2 nitrogen and oxygen atoms in total. The number of aromatic nitrogens is 2. The SMILES string of the molecule is Fc1c(Cl)cccc1-c1nc(Cl)c2cc(I)ccc2n1. The Labute approximate surface area is 138 Å². The molecule has 0 aliphatic rings. The van der Waals surface area contributed by atoms with Crippen molar-refractivity contribution < 1.29 is 4.39 Å². The molecule has 3 aromatic rings. The molecule has 0 saturated carbocycles. The zero-order valence-electron chi connectivity index (χ0n) is 9.87. The molecule has 0 radical (unpaired) electrons. The fourth-order valence-corrected chi connectivity index (χ4v) is 2.76. The van der Waals surface area contributed by atoms with Gasteiger partial charge in [0.1, 0.15) is 5.15 Å². The Morgan fingerprint density at radius 2 is 1.85 bits per heavy atom. The predicted molar refractivity (Wildman–Crippen MR) is 87.7 cm³/mol. The van der Waals surface area contributed by atoms with Gasteiger partial charge >= 0.3 is 0 Å². The number of hydrogen-bond donors (Lipinski definition) is 0. The molecule has 0 aliphatic heterocycles. The summed E-state index contributed by atoms with van der Waals surface area (Å²) in [4.78, 5) is 8.52. The molecule has 20 heavy (non-hydrogen) atoms. The first kappa shape index (κ1) is 14.0. The highest BCUT2D eigenvalue weighted by Crippen LogP contribution is 2.29. The van der Waals surface area contributed by atoms with Gasteiger partial charge in [0, 0.05) is 8.96 Å². The van der Waals surface area contributed by atoms with Crippen molar-refractivity contribution in [2.75, 3.05) is 0 Å². The molecule has 1 heterocycles. The van der Waals surface area contributed by atoms with Gasteiger partial charge in [0.15, 0.2) is 11.6 Å². The van der Waals surface area contributed by atoms with Crippen LogP contribution in [0.4, 0.5) is 4.39 Å². The van der Waals surface area contributed by atoms with Crippen molar-refractivity contribution in [2.24, 2.45) is 0 Å².